The van der Waals surface area contributed by atoms with E-state index < -0.39 is 51.2 Å². The third-order valence-corrected chi connectivity index (χ3v) is 11.2. The number of fused-ring (bicyclic) bond motifs is 1. The van der Waals surface area contributed by atoms with Crippen molar-refractivity contribution in [3.8, 4) is 29.8 Å². The van der Waals surface area contributed by atoms with Crippen LogP contribution >= 0.6 is 41.9 Å². The Morgan fingerprint density at radius 2 is 1.88 bits per heavy atom. The standard InChI is InChI=1S/C15H13Cl2N3O2.C11H11N5O6S2.C5H12NO4P/c1-2-7-22-13-9-12(10(16)8-11(13)17)20-15(21)19-6-4-3-5-14(19)18-20;1-5-12-9(15-11(13-5)22-2)14-10(19)16-24(20,21)6-3-4-23-7(6)8(17)18;1-11(9,10)3-2-4(6)5(7)8/h1,8-9H,3-7H2;3-4H,1-2H3,(H,17,18)(H2,12,13,14,15,16,19);4H,2-3,6H2,1H3,(H,7,8)(H,9,10). The molecular weight excluding hydrogens is 856 g/mol. The minimum Gasteiger partial charge on any atom is -0.480 e. The van der Waals surface area contributed by atoms with Gasteiger partial charge in [-0.05, 0) is 43.7 Å². The van der Waals surface area contributed by atoms with Gasteiger partial charge >= 0.3 is 29.7 Å². The number of aromatic nitrogens is 6. The van der Waals surface area contributed by atoms with Crippen molar-refractivity contribution in [2.24, 2.45) is 5.73 Å². The van der Waals surface area contributed by atoms with Crippen molar-refractivity contribution < 1.29 is 51.9 Å². The van der Waals surface area contributed by atoms with E-state index >= 15 is 0 Å². The van der Waals surface area contributed by atoms with E-state index in [9.17, 15) is 32.2 Å². The SMILES string of the molecule is C#CCOc1cc(-n2nc3n(c2=O)CCCC3)c(Cl)cc1Cl.COc1nc(C)nc(NC(=O)NS(=O)(=O)c2ccsc2C(=O)O)n1.CP(=O)(O)CCC(N)C(=O)O. The zero-order valence-corrected chi connectivity index (χ0v) is 34.2. The zero-order chi connectivity index (χ0) is 42.7. The lowest BCUT2D eigenvalue weighted by atomic mass is 10.2. The van der Waals surface area contributed by atoms with E-state index in [0.717, 1.165) is 42.5 Å². The molecule has 0 fully saturated rings. The number of benzene rings is 1. The number of rotatable bonds is 12. The molecule has 2 unspecified atom stereocenters. The first kappa shape index (κ1) is 46.3. The first-order valence-corrected chi connectivity index (χ1v) is 21.5. The highest BCUT2D eigenvalue weighted by molar-refractivity contribution is 7.90. The molecule has 4 aromatic rings. The first-order valence-electron chi connectivity index (χ1n) is 16.1. The number of carboxylic acid groups (broad SMARTS) is 2. The summed E-state index contributed by atoms with van der Waals surface area (Å²) in [6.45, 7) is 3.46. The molecule has 26 heteroatoms. The number of sulfonamides is 1. The van der Waals surface area contributed by atoms with Crippen LogP contribution in [-0.2, 0) is 32.3 Å². The summed E-state index contributed by atoms with van der Waals surface area (Å²) in [5.41, 5.74) is 5.32. The van der Waals surface area contributed by atoms with Crippen molar-refractivity contribution in [3.05, 3.63) is 60.6 Å². The monoisotopic (exact) mass is 891 g/mol. The molecule has 0 spiro atoms. The number of halogens is 2. The summed E-state index contributed by atoms with van der Waals surface area (Å²) >= 11 is 13.0. The van der Waals surface area contributed by atoms with Crippen LogP contribution in [0.5, 0.6) is 11.8 Å². The van der Waals surface area contributed by atoms with E-state index in [0.29, 0.717) is 28.0 Å². The van der Waals surface area contributed by atoms with Crippen molar-refractivity contribution in [2.45, 2.75) is 50.1 Å². The number of nitrogens with one attached hydrogen (secondary N) is 2. The molecule has 21 nitrogen and oxygen atoms in total. The summed E-state index contributed by atoms with van der Waals surface area (Å²) in [5.74, 6) is 0.972. The van der Waals surface area contributed by atoms with Gasteiger partial charge in [-0.15, -0.1) is 22.9 Å². The van der Waals surface area contributed by atoms with Gasteiger partial charge in [0.25, 0.3) is 10.0 Å². The molecule has 7 N–H and O–H groups in total. The van der Waals surface area contributed by atoms with Crippen LogP contribution in [0.25, 0.3) is 5.69 Å². The number of carboxylic acids is 2. The second-order valence-electron chi connectivity index (χ2n) is 11.6. The Kier molecular flexibility index (Phi) is 16.6. The maximum atomic E-state index is 12.5. The lowest BCUT2D eigenvalue weighted by molar-refractivity contribution is -0.138. The smallest absolute Gasteiger partial charge is 0.350 e. The van der Waals surface area contributed by atoms with Crippen LogP contribution in [0.4, 0.5) is 10.7 Å². The summed E-state index contributed by atoms with van der Waals surface area (Å²) in [7, 11) is -6.16. The Hall–Kier alpha value is -5.08. The molecule has 5 rings (SSSR count). The predicted octanol–water partition coefficient (Wildman–Crippen LogP) is 2.84. The average molecular weight is 893 g/mol. The molecule has 1 aliphatic heterocycles. The highest BCUT2D eigenvalue weighted by atomic mass is 35.5. The number of hydrogen-bond acceptors (Lipinski definition) is 15. The van der Waals surface area contributed by atoms with Crippen LogP contribution in [0.3, 0.4) is 0 Å². The van der Waals surface area contributed by atoms with E-state index in [1.165, 1.54) is 36.8 Å². The van der Waals surface area contributed by atoms with Crippen molar-refractivity contribution in [2.75, 3.05) is 31.9 Å². The fraction of sp³-hybridized carbons (Fsp3) is 0.355. The molecule has 2 atom stereocenters. The third kappa shape index (κ3) is 13.5. The highest BCUT2D eigenvalue weighted by Crippen LogP contribution is 2.36. The fourth-order valence-electron chi connectivity index (χ4n) is 4.54. The molecule has 1 aliphatic rings. The summed E-state index contributed by atoms with van der Waals surface area (Å²) in [6, 6.07) is 1.93. The number of nitrogens with zero attached hydrogens (tertiary/aromatic N) is 6. The predicted molar refractivity (Wildman–Crippen MR) is 208 cm³/mol. The number of aliphatic carboxylic acids is 1. The number of thiophene rings is 1. The van der Waals surface area contributed by atoms with Gasteiger partial charge in [0.1, 0.15) is 39.8 Å². The van der Waals surface area contributed by atoms with Gasteiger partial charge < -0.3 is 30.3 Å². The van der Waals surface area contributed by atoms with Crippen molar-refractivity contribution in [1.82, 2.24) is 34.0 Å². The second-order valence-corrected chi connectivity index (χ2v) is 17.6. The molecule has 0 saturated heterocycles. The van der Waals surface area contributed by atoms with E-state index in [2.05, 4.69) is 31.3 Å². The Labute approximate surface area is 338 Å². The molecule has 0 saturated carbocycles. The van der Waals surface area contributed by atoms with Gasteiger partial charge in [0, 0.05) is 31.9 Å². The van der Waals surface area contributed by atoms with Gasteiger partial charge in [0.2, 0.25) is 5.95 Å². The van der Waals surface area contributed by atoms with E-state index in [-0.39, 0.29) is 42.7 Å². The lowest BCUT2D eigenvalue weighted by Crippen LogP contribution is -2.35. The highest BCUT2D eigenvalue weighted by Gasteiger charge is 2.26. The van der Waals surface area contributed by atoms with E-state index in [1.54, 1.807) is 15.4 Å². The number of terminal acetylenes is 1. The number of nitrogens with two attached hydrogens (primary N) is 1. The summed E-state index contributed by atoms with van der Waals surface area (Å²) in [5, 5.41) is 25.7. The molecular formula is C31H36Cl2N9O12PS2. The maximum Gasteiger partial charge on any atom is 0.350 e. The number of carbonyl (C=O) groups excluding carboxylic acids is 1. The lowest BCUT2D eigenvalue weighted by Gasteiger charge is -2.09. The number of ether oxygens (including phenoxy) is 2. The largest absolute Gasteiger partial charge is 0.480 e. The molecule has 0 radical (unpaired) electrons. The normalized spacial score (nSPS) is 13.4. The quantitative estimate of drug-likeness (QED) is 0.0880. The van der Waals surface area contributed by atoms with Crippen LogP contribution in [-0.4, -0.2) is 103 Å². The summed E-state index contributed by atoms with van der Waals surface area (Å²) in [4.78, 5) is 64.6. The first-order chi connectivity index (χ1) is 26.7. The average Bonchev–Trinajstić information content (AvgIpc) is 3.76. The van der Waals surface area contributed by atoms with Gasteiger partial charge in [-0.25, -0.2) is 27.5 Å². The molecule has 57 heavy (non-hydrogen) atoms. The number of aryl methyl sites for hydroxylation is 2. The Morgan fingerprint density at radius 3 is 2.47 bits per heavy atom. The number of anilines is 1. The van der Waals surface area contributed by atoms with Crippen LogP contribution in [0.1, 0.15) is 40.6 Å². The molecule has 4 heterocycles. The molecule has 2 amide bonds. The van der Waals surface area contributed by atoms with Gasteiger partial charge in [0.05, 0.1) is 22.8 Å². The van der Waals surface area contributed by atoms with E-state index in [4.69, 9.17) is 59.9 Å². The number of methoxy groups -OCH3 is 1. The molecule has 0 aliphatic carbocycles. The van der Waals surface area contributed by atoms with Crippen LogP contribution in [0.2, 0.25) is 10.0 Å². The van der Waals surface area contributed by atoms with E-state index in [1.807, 2.05) is 0 Å². The maximum absolute atomic E-state index is 12.5. The third-order valence-electron chi connectivity index (χ3n) is 7.16. The Bertz CT molecular complexity index is 2380. The number of hydrogen-bond donors (Lipinski definition) is 6. The number of amides is 2. The molecule has 1 aromatic carbocycles. The number of aromatic carboxylic acids is 1. The van der Waals surface area contributed by atoms with Crippen LogP contribution in [0.15, 0.2) is 33.3 Å². The second kappa shape index (κ2) is 20.4. The molecule has 308 valence electrons. The van der Waals surface area contributed by atoms with Crippen molar-refractivity contribution >= 4 is 75.8 Å². The molecule has 3 aromatic heterocycles. The summed E-state index contributed by atoms with van der Waals surface area (Å²) < 4.78 is 49.7. The Morgan fingerprint density at radius 1 is 1.18 bits per heavy atom. The van der Waals surface area contributed by atoms with Crippen molar-refractivity contribution in [3.63, 3.8) is 0 Å². The topological polar surface area (TPSA) is 310 Å². The minimum absolute atomic E-state index is 0.0412. The van der Waals surface area contributed by atoms with Crippen molar-refractivity contribution in [1.29, 1.82) is 0 Å². The van der Waals surface area contributed by atoms with Gasteiger partial charge in [-0.3, -0.25) is 19.2 Å². The van der Waals surface area contributed by atoms with Crippen LogP contribution < -0.4 is 30.9 Å². The fourth-order valence-corrected chi connectivity index (χ4v) is 7.99. The number of carbonyl (C=O) groups is 3. The van der Waals surface area contributed by atoms with Gasteiger partial charge in [-0.1, -0.05) is 29.1 Å². The van der Waals surface area contributed by atoms with Gasteiger partial charge in [0.15, 0.2) is 7.37 Å². The minimum atomic E-state index is -4.37. The Balaban J connectivity index is 0.000000245. The zero-order valence-electron chi connectivity index (χ0n) is 30.2. The molecule has 0 bridgehead atoms. The summed E-state index contributed by atoms with van der Waals surface area (Å²) in [6.07, 6.45) is 7.97. The van der Waals surface area contributed by atoms with Crippen LogP contribution in [0, 0.1) is 19.3 Å². The van der Waals surface area contributed by atoms with Gasteiger partial charge in [-0.2, -0.15) is 19.6 Å². The number of urea groups is 1.